The van der Waals surface area contributed by atoms with Gasteiger partial charge in [-0.05, 0) is 24.1 Å². The minimum Gasteiger partial charge on any atom is -0.493 e. The average molecular weight is 351 g/mol. The highest BCUT2D eigenvalue weighted by Crippen LogP contribution is 2.46. The molecule has 1 aromatic carbocycles. The minimum absolute atomic E-state index is 0.104. The first-order valence-electron chi connectivity index (χ1n) is 9.02. The van der Waals surface area contributed by atoms with Gasteiger partial charge in [0.1, 0.15) is 0 Å². The van der Waals surface area contributed by atoms with Crippen molar-refractivity contribution in [2.24, 2.45) is 5.92 Å². The fourth-order valence-electron chi connectivity index (χ4n) is 4.14. The van der Waals surface area contributed by atoms with Crippen LogP contribution < -0.4 is 9.47 Å². The van der Waals surface area contributed by atoms with Crippen LogP contribution in [0, 0.1) is 5.92 Å². The molecule has 2 aliphatic rings. The molecule has 0 unspecified atom stereocenters. The summed E-state index contributed by atoms with van der Waals surface area (Å²) in [5.41, 5.74) is 1.12. The lowest BCUT2D eigenvalue weighted by Crippen LogP contribution is -2.54. The van der Waals surface area contributed by atoms with Gasteiger partial charge in [0, 0.05) is 31.5 Å². The van der Waals surface area contributed by atoms with Crippen molar-refractivity contribution in [2.45, 2.75) is 31.6 Å². The first-order valence-corrected chi connectivity index (χ1v) is 9.02. The third-order valence-corrected chi connectivity index (χ3v) is 5.44. The maximum atomic E-state index is 9.53. The van der Waals surface area contributed by atoms with E-state index in [-0.39, 0.29) is 12.6 Å². The second-order valence-corrected chi connectivity index (χ2v) is 6.67. The zero-order valence-corrected chi connectivity index (χ0v) is 15.4. The van der Waals surface area contributed by atoms with E-state index in [0.717, 1.165) is 24.9 Å². The second-order valence-electron chi connectivity index (χ2n) is 6.67. The van der Waals surface area contributed by atoms with Crippen LogP contribution in [-0.2, 0) is 9.47 Å². The summed E-state index contributed by atoms with van der Waals surface area (Å²) in [6.45, 7) is 5.08. The van der Waals surface area contributed by atoms with Crippen molar-refractivity contribution in [2.75, 3.05) is 47.1 Å². The number of hydrogen-bond donors (Lipinski definition) is 1. The Morgan fingerprint density at radius 3 is 2.52 bits per heavy atom. The monoisotopic (exact) mass is 351 g/mol. The summed E-state index contributed by atoms with van der Waals surface area (Å²) < 4.78 is 23.0. The van der Waals surface area contributed by atoms with Crippen LogP contribution in [0.1, 0.15) is 31.4 Å². The smallest absolute Gasteiger partial charge is 0.174 e. The van der Waals surface area contributed by atoms with E-state index in [4.69, 9.17) is 18.9 Å². The number of ether oxygens (including phenoxy) is 4. The van der Waals surface area contributed by atoms with Crippen LogP contribution in [0.3, 0.4) is 0 Å². The molecule has 1 N–H and O–H groups in total. The lowest BCUT2D eigenvalue weighted by Gasteiger charge is -2.48. The van der Waals surface area contributed by atoms with Crippen LogP contribution in [0.4, 0.5) is 0 Å². The molecular weight excluding hydrogens is 322 g/mol. The molecular formula is C19H29NO5. The summed E-state index contributed by atoms with van der Waals surface area (Å²) in [5.74, 6) is 1.21. The summed E-state index contributed by atoms with van der Waals surface area (Å²) in [6, 6.07) is 6.11. The van der Waals surface area contributed by atoms with Gasteiger partial charge in [0.05, 0.1) is 34.0 Å². The van der Waals surface area contributed by atoms with Gasteiger partial charge in [-0.3, -0.25) is 4.90 Å². The number of benzene rings is 1. The van der Waals surface area contributed by atoms with E-state index in [0.29, 0.717) is 37.2 Å². The van der Waals surface area contributed by atoms with E-state index in [1.165, 1.54) is 0 Å². The normalized spacial score (nSPS) is 26.1. The van der Waals surface area contributed by atoms with Gasteiger partial charge in [-0.1, -0.05) is 13.0 Å². The third kappa shape index (κ3) is 3.49. The molecule has 6 heteroatoms. The summed E-state index contributed by atoms with van der Waals surface area (Å²) in [5, 5.41) is 9.53. The second kappa shape index (κ2) is 7.91. The number of methoxy groups -OCH3 is 2. The maximum Gasteiger partial charge on any atom is 0.174 e. The quantitative estimate of drug-likeness (QED) is 0.848. The zero-order chi connectivity index (χ0) is 17.9. The Balaban J connectivity index is 1.93. The predicted octanol–water partition coefficient (Wildman–Crippen LogP) is 2.21. The van der Waals surface area contributed by atoms with Crippen molar-refractivity contribution in [3.8, 4) is 11.5 Å². The van der Waals surface area contributed by atoms with E-state index in [2.05, 4.69) is 17.9 Å². The molecule has 2 fully saturated rings. The number of likely N-dealkylation sites (tertiary alicyclic amines) is 1. The number of β-amino-alcohol motifs (C(OH)–C–C–N with tert-alkyl or cyclic N) is 1. The Bertz CT molecular complexity index is 573. The van der Waals surface area contributed by atoms with Gasteiger partial charge in [0.2, 0.25) is 0 Å². The summed E-state index contributed by atoms with van der Waals surface area (Å²) >= 11 is 0. The lowest BCUT2D eigenvalue weighted by atomic mass is 9.82. The molecule has 2 aliphatic heterocycles. The van der Waals surface area contributed by atoms with Crippen LogP contribution in [0.15, 0.2) is 18.2 Å². The van der Waals surface area contributed by atoms with E-state index < -0.39 is 5.79 Å². The first kappa shape index (κ1) is 18.5. The van der Waals surface area contributed by atoms with Crippen molar-refractivity contribution in [3.05, 3.63) is 23.8 Å². The Morgan fingerprint density at radius 2 is 1.92 bits per heavy atom. The highest BCUT2D eigenvalue weighted by molar-refractivity contribution is 5.44. The topological polar surface area (TPSA) is 60.4 Å². The molecule has 0 saturated carbocycles. The highest BCUT2D eigenvalue weighted by atomic mass is 16.7. The summed E-state index contributed by atoms with van der Waals surface area (Å²) in [6.07, 6.45) is 1.74. The number of aliphatic hydroxyl groups excluding tert-OH is 1. The molecule has 2 heterocycles. The molecule has 140 valence electrons. The molecule has 2 saturated heterocycles. The van der Waals surface area contributed by atoms with Gasteiger partial charge in [-0.15, -0.1) is 0 Å². The molecule has 6 nitrogen and oxygen atoms in total. The van der Waals surface area contributed by atoms with Crippen molar-refractivity contribution < 1.29 is 24.1 Å². The number of piperidine rings is 1. The summed E-state index contributed by atoms with van der Waals surface area (Å²) in [4.78, 5) is 2.33. The van der Waals surface area contributed by atoms with E-state index >= 15 is 0 Å². The zero-order valence-electron chi connectivity index (χ0n) is 15.4. The van der Waals surface area contributed by atoms with E-state index in [1.807, 2.05) is 12.1 Å². The molecule has 3 rings (SSSR count). The Morgan fingerprint density at radius 1 is 1.20 bits per heavy atom. The number of nitrogens with zero attached hydrogens (tertiary/aromatic N) is 1. The molecule has 0 amide bonds. The predicted molar refractivity (Wildman–Crippen MR) is 94.0 cm³/mol. The van der Waals surface area contributed by atoms with Crippen molar-refractivity contribution in [1.82, 2.24) is 4.90 Å². The van der Waals surface area contributed by atoms with Crippen LogP contribution in [0.5, 0.6) is 11.5 Å². The van der Waals surface area contributed by atoms with Crippen LogP contribution in [0.25, 0.3) is 0 Å². The fraction of sp³-hybridized carbons (Fsp3) is 0.684. The third-order valence-electron chi connectivity index (χ3n) is 5.44. The number of hydrogen-bond acceptors (Lipinski definition) is 6. The molecule has 25 heavy (non-hydrogen) atoms. The Kier molecular flexibility index (Phi) is 5.84. The molecule has 2 atom stereocenters. The van der Waals surface area contributed by atoms with Crippen molar-refractivity contribution in [3.63, 3.8) is 0 Å². The van der Waals surface area contributed by atoms with Gasteiger partial charge in [-0.25, -0.2) is 0 Å². The van der Waals surface area contributed by atoms with Gasteiger partial charge in [-0.2, -0.15) is 0 Å². The van der Waals surface area contributed by atoms with Gasteiger partial charge < -0.3 is 24.1 Å². The molecule has 0 bridgehead atoms. The van der Waals surface area contributed by atoms with E-state index in [9.17, 15) is 5.11 Å². The Labute approximate surface area is 149 Å². The van der Waals surface area contributed by atoms with Gasteiger partial charge in [0.15, 0.2) is 17.3 Å². The molecule has 0 radical (unpaired) electrons. The van der Waals surface area contributed by atoms with Crippen LogP contribution in [-0.4, -0.2) is 62.9 Å². The first-order chi connectivity index (χ1) is 12.2. The highest BCUT2D eigenvalue weighted by Gasteiger charge is 2.50. The van der Waals surface area contributed by atoms with Crippen molar-refractivity contribution >= 4 is 0 Å². The Hall–Kier alpha value is -1.34. The number of aliphatic hydroxyl groups is 1. The average Bonchev–Trinajstić information content (AvgIpc) is 3.11. The van der Waals surface area contributed by atoms with Crippen LogP contribution in [0.2, 0.25) is 0 Å². The molecule has 0 aromatic heterocycles. The lowest BCUT2D eigenvalue weighted by molar-refractivity contribution is -0.234. The fourth-order valence-corrected chi connectivity index (χ4v) is 4.14. The molecule has 0 aliphatic carbocycles. The van der Waals surface area contributed by atoms with E-state index in [1.54, 1.807) is 14.2 Å². The minimum atomic E-state index is -0.515. The largest absolute Gasteiger partial charge is 0.493 e. The molecule has 1 aromatic rings. The SMILES string of the molecule is CC[C@H]1CN(CCO)[C@H](c2ccc(OC)c(OC)c2)CC12OCCO2. The molecule has 1 spiro atoms. The van der Waals surface area contributed by atoms with Gasteiger partial charge >= 0.3 is 0 Å². The van der Waals surface area contributed by atoms with Crippen molar-refractivity contribution in [1.29, 1.82) is 0 Å². The maximum absolute atomic E-state index is 9.53. The number of rotatable bonds is 6. The summed E-state index contributed by atoms with van der Waals surface area (Å²) in [7, 11) is 3.28. The van der Waals surface area contributed by atoms with Crippen LogP contribution >= 0.6 is 0 Å². The van der Waals surface area contributed by atoms with Gasteiger partial charge in [0.25, 0.3) is 0 Å². The standard InChI is InChI=1S/C19H29NO5/c1-4-15-13-20(7-8-21)16(12-19(15)24-9-10-25-19)14-5-6-17(22-2)18(11-14)23-3/h5-6,11,15-16,21H,4,7-10,12-13H2,1-3H3/t15-,16-/m0/s1.